The van der Waals surface area contributed by atoms with Crippen LogP contribution in [0.5, 0.6) is 0 Å². The van der Waals surface area contributed by atoms with Gasteiger partial charge in [-0.2, -0.15) is 0 Å². The highest BCUT2D eigenvalue weighted by molar-refractivity contribution is 5.78. The highest BCUT2D eigenvalue weighted by Crippen LogP contribution is 2.32. The Balaban J connectivity index is 2.00. The van der Waals surface area contributed by atoms with E-state index in [9.17, 15) is 9.90 Å². The lowest BCUT2D eigenvalue weighted by atomic mass is 9.85. The fourth-order valence-corrected chi connectivity index (χ4v) is 3.16. The summed E-state index contributed by atoms with van der Waals surface area (Å²) in [5.74, 6) is -0.222. The lowest BCUT2D eigenvalue weighted by Gasteiger charge is -2.36. The van der Waals surface area contributed by atoms with Crippen LogP contribution in [0.15, 0.2) is 0 Å². The molecule has 4 heteroatoms. The van der Waals surface area contributed by atoms with Gasteiger partial charge in [-0.25, -0.2) is 0 Å². The first-order chi connectivity index (χ1) is 7.53. The van der Waals surface area contributed by atoms with Crippen LogP contribution in [0.4, 0.5) is 0 Å². The van der Waals surface area contributed by atoms with Crippen molar-refractivity contribution in [3.63, 3.8) is 0 Å². The van der Waals surface area contributed by atoms with Crippen molar-refractivity contribution in [3.05, 3.63) is 0 Å². The van der Waals surface area contributed by atoms with Crippen LogP contribution in [0.1, 0.15) is 32.6 Å². The van der Waals surface area contributed by atoms with Gasteiger partial charge < -0.3 is 15.3 Å². The van der Waals surface area contributed by atoms with Crippen molar-refractivity contribution in [1.29, 1.82) is 0 Å². The van der Waals surface area contributed by atoms with Crippen molar-refractivity contribution in [2.45, 2.75) is 44.2 Å². The van der Waals surface area contributed by atoms with E-state index in [1.54, 1.807) is 6.92 Å². The molecule has 2 aliphatic rings. The van der Waals surface area contributed by atoms with E-state index in [1.807, 2.05) is 0 Å². The molecule has 0 aromatic rings. The molecule has 0 saturated carbocycles. The van der Waals surface area contributed by atoms with Gasteiger partial charge in [-0.3, -0.25) is 4.79 Å². The summed E-state index contributed by atoms with van der Waals surface area (Å²) in [6, 6.07) is 0.572. The monoisotopic (exact) mass is 226 g/mol. The fourth-order valence-electron chi connectivity index (χ4n) is 3.16. The summed E-state index contributed by atoms with van der Waals surface area (Å²) in [5, 5.41) is 12.4. The number of hydrogen-bond acceptors (Lipinski definition) is 3. The third-order valence-electron chi connectivity index (χ3n) is 4.27. The number of carbonyl (C=O) groups is 1. The predicted octanol–water partition coefficient (Wildman–Crippen LogP) is 0.923. The fraction of sp³-hybridized carbons (Fsp3) is 0.917. The van der Waals surface area contributed by atoms with Crippen LogP contribution in [0, 0.1) is 5.92 Å². The molecule has 0 aliphatic carbocycles. The number of carboxylic acid groups (broad SMARTS) is 1. The first kappa shape index (κ1) is 11.9. The summed E-state index contributed by atoms with van der Waals surface area (Å²) in [7, 11) is 2.17. The van der Waals surface area contributed by atoms with Crippen molar-refractivity contribution < 1.29 is 9.90 Å². The van der Waals surface area contributed by atoms with Crippen LogP contribution in [-0.2, 0) is 4.79 Å². The Hall–Kier alpha value is -0.610. The zero-order valence-corrected chi connectivity index (χ0v) is 10.2. The average Bonchev–Trinajstić information content (AvgIpc) is 2.63. The molecule has 2 heterocycles. The van der Waals surface area contributed by atoms with Crippen molar-refractivity contribution in [1.82, 2.24) is 10.2 Å². The molecule has 2 rings (SSSR count). The summed E-state index contributed by atoms with van der Waals surface area (Å²) in [6.07, 6.45) is 4.55. The molecule has 92 valence electrons. The minimum atomic E-state index is -0.714. The normalized spacial score (nSPS) is 41.1. The Labute approximate surface area is 97.0 Å². The van der Waals surface area contributed by atoms with E-state index in [0.29, 0.717) is 12.0 Å². The summed E-state index contributed by atoms with van der Waals surface area (Å²) in [5.41, 5.74) is -0.705. The van der Waals surface area contributed by atoms with Gasteiger partial charge in [0.25, 0.3) is 0 Å². The average molecular weight is 226 g/mol. The maximum Gasteiger partial charge on any atom is 0.323 e. The predicted molar refractivity (Wildman–Crippen MR) is 62.4 cm³/mol. The number of piperidine rings is 1. The minimum absolute atomic E-state index is 0.492. The number of likely N-dealkylation sites (tertiary alicyclic amines) is 1. The minimum Gasteiger partial charge on any atom is -0.480 e. The molecule has 2 saturated heterocycles. The Kier molecular flexibility index (Phi) is 3.22. The number of carboxylic acids is 1. The molecule has 2 N–H and O–H groups in total. The molecule has 3 atom stereocenters. The molecule has 3 unspecified atom stereocenters. The first-order valence-corrected chi connectivity index (χ1v) is 6.21. The molecule has 0 bridgehead atoms. The molecule has 2 fully saturated rings. The van der Waals surface area contributed by atoms with Crippen molar-refractivity contribution in [2.75, 3.05) is 20.1 Å². The number of aliphatic carboxylic acids is 1. The molecule has 0 amide bonds. The Morgan fingerprint density at radius 3 is 2.81 bits per heavy atom. The van der Waals surface area contributed by atoms with Crippen LogP contribution < -0.4 is 5.32 Å². The standard InChI is InChI=1S/C12H22N2O2/c1-12(11(15)16)7-9(8-13-12)10-5-3-4-6-14(10)2/h9-10,13H,3-8H2,1-2H3,(H,15,16). The lowest BCUT2D eigenvalue weighted by Crippen LogP contribution is -2.44. The number of rotatable bonds is 2. The third kappa shape index (κ3) is 2.09. The second-order valence-corrected chi connectivity index (χ2v) is 5.53. The van der Waals surface area contributed by atoms with E-state index in [1.165, 1.54) is 19.3 Å². The SMILES string of the molecule is CN1CCCCC1C1CNC(C)(C(=O)O)C1. The molecule has 0 aromatic carbocycles. The van der Waals surface area contributed by atoms with Crippen LogP contribution in [0.3, 0.4) is 0 Å². The van der Waals surface area contributed by atoms with E-state index >= 15 is 0 Å². The van der Waals surface area contributed by atoms with Crippen LogP contribution in [-0.4, -0.2) is 47.7 Å². The molecular weight excluding hydrogens is 204 g/mol. The van der Waals surface area contributed by atoms with E-state index < -0.39 is 11.5 Å². The quantitative estimate of drug-likeness (QED) is 0.735. The van der Waals surface area contributed by atoms with Crippen LogP contribution >= 0.6 is 0 Å². The zero-order valence-electron chi connectivity index (χ0n) is 10.2. The second kappa shape index (κ2) is 4.34. The van der Waals surface area contributed by atoms with E-state index in [4.69, 9.17) is 0 Å². The van der Waals surface area contributed by atoms with Gasteiger partial charge >= 0.3 is 5.97 Å². The maximum absolute atomic E-state index is 11.2. The molecule has 0 spiro atoms. The first-order valence-electron chi connectivity index (χ1n) is 6.21. The van der Waals surface area contributed by atoms with Crippen molar-refractivity contribution >= 4 is 5.97 Å². The van der Waals surface area contributed by atoms with Gasteiger partial charge in [-0.1, -0.05) is 6.42 Å². The van der Waals surface area contributed by atoms with Gasteiger partial charge in [0.05, 0.1) is 0 Å². The Bertz CT molecular complexity index is 282. The van der Waals surface area contributed by atoms with E-state index in [-0.39, 0.29) is 0 Å². The van der Waals surface area contributed by atoms with Crippen LogP contribution in [0.25, 0.3) is 0 Å². The van der Waals surface area contributed by atoms with Crippen molar-refractivity contribution in [3.8, 4) is 0 Å². The molecule has 0 radical (unpaired) electrons. The second-order valence-electron chi connectivity index (χ2n) is 5.53. The highest BCUT2D eigenvalue weighted by Gasteiger charge is 2.44. The summed E-state index contributed by atoms with van der Waals surface area (Å²) in [4.78, 5) is 13.6. The molecule has 0 aromatic heterocycles. The third-order valence-corrected chi connectivity index (χ3v) is 4.27. The van der Waals surface area contributed by atoms with Crippen LogP contribution in [0.2, 0.25) is 0 Å². The van der Waals surface area contributed by atoms with E-state index in [0.717, 1.165) is 19.5 Å². The highest BCUT2D eigenvalue weighted by atomic mass is 16.4. The zero-order chi connectivity index (χ0) is 11.8. The molecule has 16 heavy (non-hydrogen) atoms. The Morgan fingerprint density at radius 2 is 2.25 bits per heavy atom. The summed E-state index contributed by atoms with van der Waals surface area (Å²) < 4.78 is 0. The van der Waals surface area contributed by atoms with Gasteiger partial charge in [0.1, 0.15) is 5.54 Å². The number of nitrogens with one attached hydrogen (secondary N) is 1. The van der Waals surface area contributed by atoms with Gasteiger partial charge in [0, 0.05) is 12.6 Å². The maximum atomic E-state index is 11.2. The Morgan fingerprint density at radius 1 is 1.50 bits per heavy atom. The molecule has 2 aliphatic heterocycles. The van der Waals surface area contributed by atoms with Gasteiger partial charge in [0.2, 0.25) is 0 Å². The van der Waals surface area contributed by atoms with E-state index in [2.05, 4.69) is 17.3 Å². The lowest BCUT2D eigenvalue weighted by molar-refractivity contribution is -0.143. The largest absolute Gasteiger partial charge is 0.480 e. The number of nitrogens with zero attached hydrogens (tertiary/aromatic N) is 1. The van der Waals surface area contributed by atoms with Gasteiger partial charge in [-0.15, -0.1) is 0 Å². The molecule has 4 nitrogen and oxygen atoms in total. The summed E-state index contributed by atoms with van der Waals surface area (Å²) in [6.45, 7) is 3.81. The summed E-state index contributed by atoms with van der Waals surface area (Å²) >= 11 is 0. The topological polar surface area (TPSA) is 52.6 Å². The van der Waals surface area contributed by atoms with Gasteiger partial charge in [0.15, 0.2) is 0 Å². The smallest absolute Gasteiger partial charge is 0.323 e. The van der Waals surface area contributed by atoms with Gasteiger partial charge in [-0.05, 0) is 45.7 Å². The number of hydrogen-bond donors (Lipinski definition) is 2. The van der Waals surface area contributed by atoms with Crippen molar-refractivity contribution in [2.24, 2.45) is 5.92 Å². The molecular formula is C12H22N2O2.